The highest BCUT2D eigenvalue weighted by Crippen LogP contribution is 2.25. The molecule has 2 N–H and O–H groups in total. The van der Waals surface area contributed by atoms with Crippen LogP contribution in [0.3, 0.4) is 0 Å². The fraction of sp³-hybridized carbons (Fsp3) is 0.875. The number of aliphatic hydroxyl groups is 1. The Hall–Kier alpha value is -0.620. The average Bonchev–Trinajstić information content (AvgIpc) is 2.23. The van der Waals surface area contributed by atoms with Crippen LogP contribution in [0.2, 0.25) is 0 Å². The lowest BCUT2D eigenvalue weighted by Gasteiger charge is -2.17. The molecule has 14 heavy (non-hydrogen) atoms. The van der Waals surface area contributed by atoms with Gasteiger partial charge in [-0.05, 0) is 18.8 Å². The molecule has 1 heterocycles. The lowest BCUT2D eigenvalue weighted by molar-refractivity contribution is -0.144. The number of rotatable bonds is 2. The summed E-state index contributed by atoms with van der Waals surface area (Å²) in [7, 11) is -3.10. The maximum absolute atomic E-state index is 11.2. The van der Waals surface area contributed by atoms with Gasteiger partial charge >= 0.3 is 5.97 Å². The van der Waals surface area contributed by atoms with Crippen molar-refractivity contribution in [3.8, 4) is 0 Å². The van der Waals surface area contributed by atoms with Crippen LogP contribution in [0, 0.1) is 11.8 Å². The summed E-state index contributed by atoms with van der Waals surface area (Å²) < 4.78 is 22.5. The van der Waals surface area contributed by atoms with Gasteiger partial charge in [0.1, 0.15) is 9.84 Å². The molecule has 0 saturated carbocycles. The largest absolute Gasteiger partial charge is 0.481 e. The summed E-state index contributed by atoms with van der Waals surface area (Å²) in [5.41, 5.74) is 0. The highest BCUT2D eigenvalue weighted by atomic mass is 32.2. The van der Waals surface area contributed by atoms with Crippen LogP contribution < -0.4 is 0 Å². The van der Waals surface area contributed by atoms with E-state index in [1.54, 1.807) is 0 Å². The summed E-state index contributed by atoms with van der Waals surface area (Å²) in [4.78, 5) is 10.8. The van der Waals surface area contributed by atoms with Gasteiger partial charge in [-0.3, -0.25) is 4.79 Å². The third kappa shape index (κ3) is 2.68. The van der Waals surface area contributed by atoms with Crippen molar-refractivity contribution >= 4 is 15.8 Å². The molecular weight excluding hydrogens is 208 g/mol. The monoisotopic (exact) mass is 222 g/mol. The van der Waals surface area contributed by atoms with Crippen LogP contribution in [0.4, 0.5) is 0 Å². The predicted molar refractivity (Wildman–Crippen MR) is 49.6 cm³/mol. The average molecular weight is 222 g/mol. The topological polar surface area (TPSA) is 91.7 Å². The van der Waals surface area contributed by atoms with E-state index in [1.807, 2.05) is 0 Å². The molecule has 0 spiro atoms. The van der Waals surface area contributed by atoms with Crippen LogP contribution >= 0.6 is 0 Å². The summed E-state index contributed by atoms with van der Waals surface area (Å²) in [6, 6.07) is 0. The van der Waals surface area contributed by atoms with Gasteiger partial charge in [-0.2, -0.15) is 0 Å². The van der Waals surface area contributed by atoms with Gasteiger partial charge in [0.25, 0.3) is 0 Å². The first-order valence-corrected chi connectivity index (χ1v) is 6.32. The highest BCUT2D eigenvalue weighted by Gasteiger charge is 2.33. The number of carbonyl (C=O) groups is 1. The van der Waals surface area contributed by atoms with Gasteiger partial charge in [-0.15, -0.1) is 0 Å². The summed E-state index contributed by atoms with van der Waals surface area (Å²) in [6.07, 6.45) is 0.360. The molecule has 2 atom stereocenters. The van der Waals surface area contributed by atoms with E-state index in [1.165, 1.54) is 0 Å². The second-order valence-electron chi connectivity index (χ2n) is 3.62. The number of hydrogen-bond donors (Lipinski definition) is 2. The lowest BCUT2D eigenvalue weighted by Crippen LogP contribution is -2.25. The van der Waals surface area contributed by atoms with Gasteiger partial charge in [-0.25, -0.2) is 8.42 Å². The molecule has 0 aliphatic carbocycles. The zero-order valence-corrected chi connectivity index (χ0v) is 8.53. The Bertz CT molecular complexity index is 308. The molecule has 0 amide bonds. The van der Waals surface area contributed by atoms with Gasteiger partial charge in [0.15, 0.2) is 0 Å². The second kappa shape index (κ2) is 4.27. The molecule has 1 saturated heterocycles. The molecule has 1 aliphatic heterocycles. The minimum atomic E-state index is -3.10. The van der Waals surface area contributed by atoms with Crippen molar-refractivity contribution < 1.29 is 23.4 Å². The summed E-state index contributed by atoms with van der Waals surface area (Å²) in [6.45, 7) is -0.257. The van der Waals surface area contributed by atoms with E-state index in [-0.39, 0.29) is 31.0 Å². The van der Waals surface area contributed by atoms with Crippen LogP contribution in [0.25, 0.3) is 0 Å². The SMILES string of the molecule is O=C(O)[C@@H]1CCS(=O)(=O)CC[C@@H]1CO. The third-order valence-electron chi connectivity index (χ3n) is 2.66. The van der Waals surface area contributed by atoms with Gasteiger partial charge < -0.3 is 10.2 Å². The zero-order chi connectivity index (χ0) is 10.8. The molecule has 0 aromatic heterocycles. The van der Waals surface area contributed by atoms with E-state index in [4.69, 9.17) is 10.2 Å². The normalized spacial score (nSPS) is 32.1. The van der Waals surface area contributed by atoms with Gasteiger partial charge in [0.05, 0.1) is 17.4 Å². The fourth-order valence-electron chi connectivity index (χ4n) is 1.72. The van der Waals surface area contributed by atoms with E-state index in [9.17, 15) is 13.2 Å². The van der Waals surface area contributed by atoms with Crippen molar-refractivity contribution in [3.05, 3.63) is 0 Å². The van der Waals surface area contributed by atoms with E-state index >= 15 is 0 Å². The smallest absolute Gasteiger partial charge is 0.306 e. The molecule has 1 rings (SSSR count). The molecule has 6 heteroatoms. The summed E-state index contributed by atoms with van der Waals surface area (Å²) in [5, 5.41) is 17.8. The Labute approximate surface area is 82.7 Å². The first-order chi connectivity index (χ1) is 6.46. The van der Waals surface area contributed by atoms with Gasteiger partial charge in [0, 0.05) is 6.61 Å². The number of carboxylic acid groups (broad SMARTS) is 1. The van der Waals surface area contributed by atoms with Crippen molar-refractivity contribution in [2.75, 3.05) is 18.1 Å². The van der Waals surface area contributed by atoms with E-state index in [0.29, 0.717) is 0 Å². The van der Waals surface area contributed by atoms with Crippen LogP contribution in [0.1, 0.15) is 12.8 Å². The Morgan fingerprint density at radius 1 is 1.29 bits per heavy atom. The maximum atomic E-state index is 11.2. The Morgan fingerprint density at radius 3 is 2.36 bits per heavy atom. The fourth-order valence-corrected chi connectivity index (χ4v) is 3.20. The number of aliphatic carboxylic acids is 1. The van der Waals surface area contributed by atoms with Crippen molar-refractivity contribution in [2.45, 2.75) is 12.8 Å². The van der Waals surface area contributed by atoms with E-state index in [0.717, 1.165) is 0 Å². The lowest BCUT2D eigenvalue weighted by atomic mass is 9.89. The molecule has 0 bridgehead atoms. The van der Waals surface area contributed by atoms with Gasteiger partial charge in [0.2, 0.25) is 0 Å². The molecule has 0 radical (unpaired) electrons. The van der Waals surface area contributed by atoms with Crippen molar-refractivity contribution in [2.24, 2.45) is 11.8 Å². The number of hydrogen-bond acceptors (Lipinski definition) is 4. The minimum absolute atomic E-state index is 0.0119. The molecule has 5 nitrogen and oxygen atoms in total. The van der Waals surface area contributed by atoms with Crippen molar-refractivity contribution in [3.63, 3.8) is 0 Å². The van der Waals surface area contributed by atoms with Crippen molar-refractivity contribution in [1.29, 1.82) is 0 Å². The molecule has 0 unspecified atom stereocenters. The molecule has 0 aromatic rings. The standard InChI is InChI=1S/C8H14O5S/c9-5-6-1-3-14(12,13)4-2-7(6)8(10)11/h6-7,9H,1-5H2,(H,10,11)/t6-,7-/m1/s1. The first-order valence-electron chi connectivity index (χ1n) is 4.50. The van der Waals surface area contributed by atoms with Crippen LogP contribution in [-0.2, 0) is 14.6 Å². The molecule has 0 aromatic carbocycles. The Morgan fingerprint density at radius 2 is 1.86 bits per heavy atom. The molecule has 1 fully saturated rings. The maximum Gasteiger partial charge on any atom is 0.306 e. The predicted octanol–water partition coefficient (Wildman–Crippen LogP) is -0.496. The van der Waals surface area contributed by atoms with E-state index in [2.05, 4.69) is 0 Å². The Kier molecular flexibility index (Phi) is 3.49. The Balaban J connectivity index is 2.80. The molecule has 1 aliphatic rings. The second-order valence-corrected chi connectivity index (χ2v) is 5.92. The summed E-state index contributed by atoms with van der Waals surface area (Å²) >= 11 is 0. The van der Waals surface area contributed by atoms with E-state index < -0.39 is 27.6 Å². The third-order valence-corrected chi connectivity index (χ3v) is 4.38. The quantitative estimate of drug-likeness (QED) is 0.657. The number of aliphatic hydroxyl groups excluding tert-OH is 1. The summed E-state index contributed by atoms with van der Waals surface area (Å²) in [5.74, 6) is -2.26. The van der Waals surface area contributed by atoms with Crippen LogP contribution in [0.5, 0.6) is 0 Å². The first kappa shape index (κ1) is 11.5. The molecule has 82 valence electrons. The minimum Gasteiger partial charge on any atom is -0.481 e. The number of sulfone groups is 1. The number of carboxylic acids is 1. The van der Waals surface area contributed by atoms with Gasteiger partial charge in [-0.1, -0.05) is 0 Å². The van der Waals surface area contributed by atoms with Crippen LogP contribution in [0.15, 0.2) is 0 Å². The molecular formula is C8H14O5S. The highest BCUT2D eigenvalue weighted by molar-refractivity contribution is 7.91. The van der Waals surface area contributed by atoms with Crippen molar-refractivity contribution in [1.82, 2.24) is 0 Å². The van der Waals surface area contributed by atoms with Crippen LogP contribution in [-0.4, -0.2) is 42.7 Å². The zero-order valence-electron chi connectivity index (χ0n) is 7.72.